The summed E-state index contributed by atoms with van der Waals surface area (Å²) in [5, 5.41) is 15.1. The van der Waals surface area contributed by atoms with Crippen LogP contribution in [0.25, 0.3) is 0 Å². The van der Waals surface area contributed by atoms with Gasteiger partial charge in [-0.25, -0.2) is 22.9 Å². The van der Waals surface area contributed by atoms with Gasteiger partial charge in [-0.05, 0) is 51.3 Å². The fourth-order valence-corrected chi connectivity index (χ4v) is 6.73. The van der Waals surface area contributed by atoms with Crippen molar-refractivity contribution >= 4 is 29.1 Å². The molecule has 5 rings (SSSR count). The molecule has 1 aromatic heterocycles. The molecule has 1 aromatic carbocycles. The number of hydrogen-bond donors (Lipinski definition) is 2. The maximum Gasteiger partial charge on any atom is 0.338 e. The van der Waals surface area contributed by atoms with Crippen LogP contribution in [0, 0.1) is 18.2 Å². The number of carbonyl (C=O) groups is 2. The van der Waals surface area contributed by atoms with Crippen molar-refractivity contribution in [3.05, 3.63) is 63.0 Å². The third-order valence-electron chi connectivity index (χ3n) is 8.18. The van der Waals surface area contributed by atoms with Crippen molar-refractivity contribution in [3.63, 3.8) is 0 Å². The van der Waals surface area contributed by atoms with Gasteiger partial charge in [0.2, 0.25) is 0 Å². The predicted octanol–water partition coefficient (Wildman–Crippen LogP) is 4.00. The molecule has 0 spiro atoms. The molecule has 3 aliphatic heterocycles. The van der Waals surface area contributed by atoms with Gasteiger partial charge >= 0.3 is 11.9 Å². The van der Waals surface area contributed by atoms with Crippen molar-refractivity contribution in [1.29, 1.82) is 0 Å². The van der Waals surface area contributed by atoms with Gasteiger partial charge in [0.25, 0.3) is 5.92 Å². The van der Waals surface area contributed by atoms with Crippen molar-refractivity contribution < 1.29 is 32.6 Å². The van der Waals surface area contributed by atoms with E-state index in [1.54, 1.807) is 41.3 Å². The number of carboxylic acid groups (broad SMARTS) is 1. The maximum atomic E-state index is 15.6. The Kier molecular flexibility index (Phi) is 8.20. The van der Waals surface area contributed by atoms with E-state index >= 15 is 8.78 Å². The number of rotatable bonds is 9. The molecule has 9 nitrogen and oxygen atoms in total. The fourth-order valence-electron chi connectivity index (χ4n) is 6.14. The summed E-state index contributed by atoms with van der Waals surface area (Å²) in [7, 11) is 0. The number of benzene rings is 1. The number of nitrogens with one attached hydrogen (secondary N) is 1. The number of alkyl halides is 2. The first-order chi connectivity index (χ1) is 19.8. The number of likely N-dealkylation sites (tertiary alicyclic amines) is 2. The summed E-state index contributed by atoms with van der Waals surface area (Å²) in [6.07, 6.45) is 2.02. The highest BCUT2D eigenvalue weighted by molar-refractivity contribution is 7.11. The Hall–Kier alpha value is -3.29. The summed E-state index contributed by atoms with van der Waals surface area (Å²) in [5.74, 6) is -4.94. The molecule has 4 heterocycles. The van der Waals surface area contributed by atoms with Gasteiger partial charge in [-0.15, -0.1) is 11.3 Å². The first kappa shape index (κ1) is 30.2. The van der Waals surface area contributed by atoms with Gasteiger partial charge in [-0.1, -0.05) is 12.1 Å². The molecule has 3 unspecified atom stereocenters. The van der Waals surface area contributed by atoms with Crippen LogP contribution in [0.5, 0.6) is 0 Å². The second kappa shape index (κ2) is 11.4. The molecule has 2 saturated heterocycles. The molecule has 42 heavy (non-hydrogen) atoms. The molecule has 0 radical (unpaired) electrons. The summed E-state index contributed by atoms with van der Waals surface area (Å²) in [5.41, 5.74) is 0.0344. The summed E-state index contributed by atoms with van der Waals surface area (Å²) in [6, 6.07) is 1.86. The van der Waals surface area contributed by atoms with Crippen LogP contribution in [0.15, 0.2) is 46.0 Å². The van der Waals surface area contributed by atoms with E-state index in [1.165, 1.54) is 37.3 Å². The van der Waals surface area contributed by atoms with Crippen LogP contribution in [-0.4, -0.2) is 88.5 Å². The Morgan fingerprint density at radius 3 is 2.71 bits per heavy atom. The molecule has 13 heteroatoms. The lowest BCUT2D eigenvalue weighted by atomic mass is 9.92. The van der Waals surface area contributed by atoms with Gasteiger partial charge < -0.3 is 15.2 Å². The second-order valence-electron chi connectivity index (χ2n) is 11.5. The molecular formula is C29H34F3N5O4S. The molecule has 2 aromatic rings. The molecular weight excluding hydrogens is 571 g/mol. The van der Waals surface area contributed by atoms with Crippen LogP contribution in [0.2, 0.25) is 0 Å². The van der Waals surface area contributed by atoms with Crippen molar-refractivity contribution in [2.45, 2.75) is 58.2 Å². The van der Waals surface area contributed by atoms with Gasteiger partial charge in [0.15, 0.2) is 10.8 Å². The number of aliphatic carboxylic acids is 1. The zero-order valence-corrected chi connectivity index (χ0v) is 24.7. The second-order valence-corrected chi connectivity index (χ2v) is 12.4. The van der Waals surface area contributed by atoms with E-state index in [4.69, 9.17) is 9.73 Å². The van der Waals surface area contributed by atoms with E-state index in [-0.39, 0.29) is 25.3 Å². The van der Waals surface area contributed by atoms with Gasteiger partial charge in [-0.3, -0.25) is 19.6 Å². The topological polar surface area (TPSA) is 107 Å². The molecule has 0 amide bonds. The average molecular weight is 606 g/mol. The number of hydrogen-bond acceptors (Lipinski definition) is 9. The summed E-state index contributed by atoms with van der Waals surface area (Å²) >= 11 is 1.32. The predicted molar refractivity (Wildman–Crippen MR) is 151 cm³/mol. The number of aromatic nitrogens is 1. The summed E-state index contributed by atoms with van der Waals surface area (Å²) < 4.78 is 51.3. The third-order valence-corrected chi connectivity index (χ3v) is 8.96. The standard InChI is InChI=1S/C29H34F3N5O4S/c1-5-41-26(38)21-19(13-37-15-29(31,32)23-20(37)9-11-36(23)14-28(3,4)27(39)40)34-24(25-33-10-12-42-25)35-22(21)17-7-6-8-18(30)16(17)2/h6-8,10,12,20,22-23H,5,9,11,13-15H2,1-4H3,(H,34,35)(H,39,40). The Morgan fingerprint density at radius 1 is 1.29 bits per heavy atom. The van der Waals surface area contributed by atoms with E-state index < -0.39 is 53.8 Å². The lowest BCUT2D eigenvalue weighted by molar-refractivity contribution is -0.149. The number of halogens is 3. The largest absolute Gasteiger partial charge is 0.481 e. The highest BCUT2D eigenvalue weighted by Crippen LogP contribution is 2.44. The first-order valence-electron chi connectivity index (χ1n) is 13.8. The number of carboxylic acids is 1. The van der Waals surface area contributed by atoms with Gasteiger partial charge in [0.05, 0.1) is 30.2 Å². The Labute approximate surface area is 246 Å². The minimum atomic E-state index is -3.11. The number of nitrogens with zero attached hydrogens (tertiary/aromatic N) is 4. The molecule has 3 aliphatic rings. The number of thiazole rings is 1. The Bertz CT molecular complexity index is 1430. The van der Waals surface area contributed by atoms with Crippen LogP contribution in [0.4, 0.5) is 13.2 Å². The SMILES string of the molecule is CCOC(=O)C1=C(CN2CC(F)(F)C3C2CCN3CC(C)(C)C(=O)O)NC(c2nccs2)=NC1c1cccc(F)c1C. The van der Waals surface area contributed by atoms with E-state index in [9.17, 15) is 19.1 Å². The zero-order chi connectivity index (χ0) is 30.4. The number of esters is 1. The van der Waals surface area contributed by atoms with Gasteiger partial charge in [0, 0.05) is 43.0 Å². The number of fused-ring (bicyclic) bond motifs is 1. The smallest absolute Gasteiger partial charge is 0.338 e. The number of amidine groups is 1. The highest BCUT2D eigenvalue weighted by Gasteiger charge is 2.60. The number of aliphatic imine (C=N–C) groups is 1. The minimum absolute atomic E-state index is 0.0102. The van der Waals surface area contributed by atoms with Crippen LogP contribution in [0.3, 0.4) is 0 Å². The van der Waals surface area contributed by atoms with Gasteiger partial charge in [0.1, 0.15) is 11.9 Å². The lowest BCUT2D eigenvalue weighted by Gasteiger charge is -2.33. The Balaban J connectivity index is 1.55. The molecule has 2 N–H and O–H groups in total. The van der Waals surface area contributed by atoms with Crippen LogP contribution in [0.1, 0.15) is 49.4 Å². The normalized spacial score (nSPS) is 24.4. The van der Waals surface area contributed by atoms with E-state index in [0.29, 0.717) is 40.6 Å². The van der Waals surface area contributed by atoms with Crippen molar-refractivity contribution in [3.8, 4) is 0 Å². The molecule has 3 atom stereocenters. The average Bonchev–Trinajstić information content (AvgIpc) is 3.65. The monoisotopic (exact) mass is 605 g/mol. The van der Waals surface area contributed by atoms with Crippen molar-refractivity contribution in [2.24, 2.45) is 10.4 Å². The van der Waals surface area contributed by atoms with Crippen LogP contribution < -0.4 is 5.32 Å². The van der Waals surface area contributed by atoms with Crippen molar-refractivity contribution in [2.75, 3.05) is 32.8 Å². The van der Waals surface area contributed by atoms with Gasteiger partial charge in [-0.2, -0.15) is 0 Å². The number of ether oxygens (including phenoxy) is 1. The maximum absolute atomic E-state index is 15.6. The van der Waals surface area contributed by atoms with E-state index in [2.05, 4.69) is 10.3 Å². The molecule has 2 fully saturated rings. The van der Waals surface area contributed by atoms with E-state index in [1.807, 2.05) is 0 Å². The minimum Gasteiger partial charge on any atom is -0.481 e. The Morgan fingerprint density at radius 2 is 2.05 bits per heavy atom. The summed E-state index contributed by atoms with van der Waals surface area (Å²) in [6.45, 7) is 6.11. The molecule has 0 bridgehead atoms. The molecule has 0 saturated carbocycles. The van der Waals surface area contributed by atoms with E-state index in [0.717, 1.165) is 0 Å². The molecule has 0 aliphatic carbocycles. The third kappa shape index (κ3) is 5.57. The van der Waals surface area contributed by atoms with Crippen LogP contribution in [-0.2, 0) is 14.3 Å². The lowest BCUT2D eigenvalue weighted by Crippen LogP contribution is -2.49. The van der Waals surface area contributed by atoms with Crippen LogP contribution >= 0.6 is 11.3 Å². The summed E-state index contributed by atoms with van der Waals surface area (Å²) in [4.78, 5) is 37.5. The first-order valence-corrected chi connectivity index (χ1v) is 14.7. The quantitative estimate of drug-likeness (QED) is 0.413. The zero-order valence-electron chi connectivity index (χ0n) is 23.9. The fraction of sp³-hybridized carbons (Fsp3) is 0.517. The highest BCUT2D eigenvalue weighted by atomic mass is 32.1. The molecule has 226 valence electrons. The number of carbonyl (C=O) groups excluding carboxylic acids is 1. The van der Waals surface area contributed by atoms with Crippen molar-refractivity contribution in [1.82, 2.24) is 20.1 Å².